The van der Waals surface area contributed by atoms with Crippen LogP contribution in [0.4, 0.5) is 36.6 Å². The summed E-state index contributed by atoms with van der Waals surface area (Å²) in [6, 6.07) is 7.10. The quantitative estimate of drug-likeness (QED) is 0.0598. The number of nitrogens with zero attached hydrogens (tertiary/aromatic N) is 5. The van der Waals surface area contributed by atoms with Crippen LogP contribution in [0.15, 0.2) is 42.5 Å². The van der Waals surface area contributed by atoms with Crippen molar-refractivity contribution < 1.29 is 49.1 Å². The van der Waals surface area contributed by atoms with Crippen molar-refractivity contribution in [2.75, 3.05) is 11.0 Å². The molecule has 0 saturated carbocycles. The van der Waals surface area contributed by atoms with Gasteiger partial charge in [-0.3, -0.25) is 18.9 Å². The van der Waals surface area contributed by atoms with Gasteiger partial charge in [0.2, 0.25) is 15.9 Å². The highest BCUT2D eigenvalue weighted by Gasteiger charge is 2.58. The second-order valence-electron chi connectivity index (χ2n) is 14.3. The molecule has 3 aromatic heterocycles. The SMILES string of the molecule is C[C@@H]1[C@H](I)c2c(C(F)(F)F)nn(CC(=O)N[C@@H](Cc3cc(F)cc(F)c3)c3nc(C#CC(C)(C)O)ccc3-c3ccc(Cl)c4c(NS(C)(=O)=O)nn(C)c34)c2C1(F)F. The van der Waals surface area contributed by atoms with Crippen LogP contribution >= 0.6 is 34.2 Å². The fraction of sp³-hybridized carbons (Fsp3) is 0.351. The number of amides is 1. The van der Waals surface area contributed by atoms with E-state index in [-0.39, 0.29) is 44.3 Å². The predicted molar refractivity (Wildman–Crippen MR) is 209 cm³/mol. The van der Waals surface area contributed by atoms with Gasteiger partial charge >= 0.3 is 6.18 Å². The van der Waals surface area contributed by atoms with E-state index >= 15 is 8.78 Å². The number of carbonyl (C=O) groups is 1. The first kappa shape index (κ1) is 43.1. The molecule has 11 nitrogen and oxygen atoms in total. The summed E-state index contributed by atoms with van der Waals surface area (Å²) in [7, 11) is -2.36. The van der Waals surface area contributed by atoms with Gasteiger partial charge in [0.25, 0.3) is 5.92 Å². The molecule has 6 rings (SSSR count). The van der Waals surface area contributed by atoms with E-state index in [2.05, 4.69) is 37.1 Å². The van der Waals surface area contributed by atoms with Gasteiger partial charge in [0.05, 0.1) is 33.9 Å². The number of aryl methyl sites for hydroxylation is 1. The third-order valence-corrected chi connectivity index (χ3v) is 11.7. The number of hydrogen-bond acceptors (Lipinski definition) is 7. The molecule has 1 amide bonds. The third kappa shape index (κ3) is 8.77. The van der Waals surface area contributed by atoms with Crippen LogP contribution in [0.1, 0.15) is 64.6 Å². The first-order chi connectivity index (χ1) is 26.7. The van der Waals surface area contributed by atoms with Gasteiger partial charge in [0.15, 0.2) is 11.5 Å². The second kappa shape index (κ2) is 15.3. The number of aromatic nitrogens is 5. The Hall–Kier alpha value is -4.46. The van der Waals surface area contributed by atoms with Crippen molar-refractivity contribution in [2.45, 2.75) is 61.4 Å². The highest BCUT2D eigenvalue weighted by molar-refractivity contribution is 14.1. The van der Waals surface area contributed by atoms with Crippen molar-refractivity contribution in [1.82, 2.24) is 29.9 Å². The summed E-state index contributed by atoms with van der Waals surface area (Å²) in [5.74, 6) is -3.24. The van der Waals surface area contributed by atoms with E-state index in [1.54, 1.807) is 0 Å². The Bertz CT molecular complexity index is 2630. The number of sulfonamides is 1. The van der Waals surface area contributed by atoms with Crippen LogP contribution in [-0.2, 0) is 46.9 Å². The zero-order valence-electron chi connectivity index (χ0n) is 30.9. The molecule has 1 aliphatic rings. The average Bonchev–Trinajstić information content (AvgIpc) is 3.68. The highest BCUT2D eigenvalue weighted by Crippen LogP contribution is 2.58. The summed E-state index contributed by atoms with van der Waals surface area (Å²) in [5.41, 5.74) is -4.12. The third-order valence-electron chi connectivity index (χ3n) is 9.11. The van der Waals surface area contributed by atoms with E-state index in [1.807, 2.05) is 0 Å². The summed E-state index contributed by atoms with van der Waals surface area (Å²) in [6.45, 7) is 2.78. The first-order valence-electron chi connectivity index (χ1n) is 17.1. The highest BCUT2D eigenvalue weighted by atomic mass is 127. The number of alkyl halides is 6. The molecule has 0 spiro atoms. The maximum atomic E-state index is 15.6. The molecule has 308 valence electrons. The molecular weight excluding hydrogens is 934 g/mol. The largest absolute Gasteiger partial charge is 0.435 e. The lowest BCUT2D eigenvalue weighted by Gasteiger charge is -2.23. The minimum absolute atomic E-state index is 0.0163. The lowest BCUT2D eigenvalue weighted by Crippen LogP contribution is -2.35. The Kier molecular flexibility index (Phi) is 11.4. The van der Waals surface area contributed by atoms with Gasteiger partial charge in [0, 0.05) is 39.6 Å². The summed E-state index contributed by atoms with van der Waals surface area (Å²) in [4.78, 5) is 18.6. The van der Waals surface area contributed by atoms with Crippen LogP contribution in [0.25, 0.3) is 22.0 Å². The number of anilines is 1. The van der Waals surface area contributed by atoms with Crippen molar-refractivity contribution in [1.29, 1.82) is 0 Å². The number of carbonyl (C=O) groups excluding carboxylic acids is 1. The Morgan fingerprint density at radius 1 is 1.09 bits per heavy atom. The van der Waals surface area contributed by atoms with E-state index in [4.69, 9.17) is 11.6 Å². The van der Waals surface area contributed by atoms with E-state index in [9.17, 15) is 40.3 Å². The van der Waals surface area contributed by atoms with Crippen molar-refractivity contribution in [3.8, 4) is 23.0 Å². The second-order valence-corrected chi connectivity index (χ2v) is 17.8. The minimum Gasteiger partial charge on any atom is -0.378 e. The molecule has 58 heavy (non-hydrogen) atoms. The zero-order chi connectivity index (χ0) is 42.9. The topological polar surface area (TPSA) is 144 Å². The van der Waals surface area contributed by atoms with Crippen molar-refractivity contribution in [2.24, 2.45) is 13.0 Å². The van der Waals surface area contributed by atoms with Crippen LogP contribution in [0, 0.1) is 29.4 Å². The monoisotopic (exact) mass is 965 g/mol. The van der Waals surface area contributed by atoms with Gasteiger partial charge in [-0.1, -0.05) is 53.1 Å². The lowest BCUT2D eigenvalue weighted by atomic mass is 9.93. The van der Waals surface area contributed by atoms with Gasteiger partial charge in [0.1, 0.15) is 35.2 Å². The number of nitrogens with one attached hydrogen (secondary N) is 2. The molecule has 0 unspecified atom stereocenters. The Labute approximate surface area is 345 Å². The zero-order valence-corrected chi connectivity index (χ0v) is 34.6. The van der Waals surface area contributed by atoms with Crippen LogP contribution in [-0.4, -0.2) is 55.8 Å². The number of benzene rings is 2. The van der Waals surface area contributed by atoms with Crippen LogP contribution in [0.2, 0.25) is 5.02 Å². The maximum absolute atomic E-state index is 15.6. The molecule has 0 aliphatic heterocycles. The molecule has 0 fully saturated rings. The molecule has 21 heteroatoms. The summed E-state index contributed by atoms with van der Waals surface area (Å²) >= 11 is 8.06. The number of fused-ring (bicyclic) bond motifs is 2. The molecular formula is C37H32ClF7IN7O4S. The fourth-order valence-corrected chi connectivity index (χ4v) is 8.49. The van der Waals surface area contributed by atoms with Crippen molar-refractivity contribution in [3.63, 3.8) is 0 Å². The number of halogens is 9. The summed E-state index contributed by atoms with van der Waals surface area (Å²) in [6.07, 6.45) is -4.64. The predicted octanol–water partition coefficient (Wildman–Crippen LogP) is 7.59. The van der Waals surface area contributed by atoms with E-state index in [1.165, 1.54) is 72.4 Å². The Morgan fingerprint density at radius 3 is 2.33 bits per heavy atom. The lowest BCUT2D eigenvalue weighted by molar-refractivity contribution is -0.142. The minimum atomic E-state index is -5.13. The van der Waals surface area contributed by atoms with Gasteiger partial charge in [-0.05, 0) is 62.1 Å². The van der Waals surface area contributed by atoms with E-state index in [0.717, 1.165) is 25.3 Å². The normalized spacial score (nSPS) is 17.2. The summed E-state index contributed by atoms with van der Waals surface area (Å²) in [5, 5.41) is 20.9. The standard InChI is InChI=1S/C37H32ClF7IN7O4S/c1-17-29(46)28-32(37(43,44)45)49-53(33(28)36(17,41)42)16-26(54)48-25(14-18-12-19(39)15-20(40)13-18)30-22(7-6-21(47-30)10-11-35(2,3)55)23-8-9-24(38)27-31(23)52(4)50-34(27)51-58(5,56)57/h6-9,12-13,15,17,25,29,55H,14,16H2,1-5H3,(H,48,54)(H,50,51)/t17-,25+,29+/m1/s1. The molecule has 2 aromatic carbocycles. The molecule has 3 N–H and O–H groups in total. The number of hydrogen-bond donors (Lipinski definition) is 3. The van der Waals surface area contributed by atoms with Gasteiger partial charge in [-0.2, -0.15) is 32.1 Å². The van der Waals surface area contributed by atoms with Crippen LogP contribution < -0.4 is 10.0 Å². The van der Waals surface area contributed by atoms with Gasteiger partial charge in [-0.15, -0.1) is 0 Å². The van der Waals surface area contributed by atoms with E-state index < -0.39 is 91.1 Å². The number of rotatable bonds is 9. The van der Waals surface area contributed by atoms with Crippen LogP contribution in [0.5, 0.6) is 0 Å². The summed E-state index contributed by atoms with van der Waals surface area (Å²) < 4.78 is 130. The molecule has 0 radical (unpaired) electrons. The molecule has 3 atom stereocenters. The molecule has 5 aromatic rings. The molecule has 3 heterocycles. The number of pyridine rings is 1. The Balaban J connectivity index is 1.55. The number of aliphatic hydroxyl groups is 1. The Morgan fingerprint density at radius 2 is 1.72 bits per heavy atom. The van der Waals surface area contributed by atoms with E-state index in [0.29, 0.717) is 16.3 Å². The molecule has 0 saturated heterocycles. The maximum Gasteiger partial charge on any atom is 0.435 e. The average molecular weight is 966 g/mol. The van der Waals surface area contributed by atoms with Crippen LogP contribution in [0.3, 0.4) is 0 Å². The smallest absolute Gasteiger partial charge is 0.378 e. The first-order valence-corrected chi connectivity index (χ1v) is 20.6. The molecule has 0 bridgehead atoms. The van der Waals surface area contributed by atoms with Crippen molar-refractivity contribution >= 4 is 66.8 Å². The van der Waals surface area contributed by atoms with Crippen molar-refractivity contribution in [3.05, 3.63) is 93.0 Å². The van der Waals surface area contributed by atoms with Gasteiger partial charge in [-0.25, -0.2) is 22.2 Å². The van der Waals surface area contributed by atoms with Gasteiger partial charge < -0.3 is 10.4 Å². The molecule has 1 aliphatic carbocycles. The fourth-order valence-electron chi connectivity index (χ4n) is 6.72.